The number of nitrogens with two attached hydrogens (primary N) is 1. The maximum Gasteiger partial charge on any atom is 0.0313 e. The first-order valence-corrected chi connectivity index (χ1v) is 5.44. The Bertz CT molecular complexity index is 307. The summed E-state index contributed by atoms with van der Waals surface area (Å²) in [5.41, 5.74) is 7.97. The highest BCUT2D eigenvalue weighted by Gasteiger charge is 2.09. The average molecular weight is 206 g/mol. The minimum absolute atomic E-state index is 0.572. The Morgan fingerprint density at radius 3 is 2.73 bits per heavy atom. The van der Waals surface area contributed by atoms with Crippen LogP contribution in [0.3, 0.4) is 0 Å². The molecule has 1 aliphatic rings. The largest absolute Gasteiger partial charge is 0.326 e. The second-order valence-corrected chi connectivity index (χ2v) is 3.93. The van der Waals surface area contributed by atoms with Gasteiger partial charge < -0.3 is 11.1 Å². The van der Waals surface area contributed by atoms with E-state index in [1.165, 1.54) is 5.56 Å². The van der Waals surface area contributed by atoms with E-state index in [0.29, 0.717) is 6.54 Å². The van der Waals surface area contributed by atoms with Gasteiger partial charge in [-0.2, -0.15) is 0 Å². The van der Waals surface area contributed by atoms with Crippen LogP contribution in [-0.2, 0) is 13.1 Å². The van der Waals surface area contributed by atoms with Crippen LogP contribution in [0.25, 0.3) is 0 Å². The third-order valence-electron chi connectivity index (χ3n) is 2.70. The quantitative estimate of drug-likeness (QED) is 0.728. The van der Waals surface area contributed by atoms with Crippen molar-refractivity contribution in [3.63, 3.8) is 0 Å². The predicted octanol–water partition coefficient (Wildman–Crippen LogP) is -0.0545. The first-order valence-electron chi connectivity index (χ1n) is 5.44. The molecule has 2 rings (SSSR count). The number of hydrogen-bond donors (Lipinski definition) is 2. The molecule has 1 aliphatic heterocycles. The molecule has 4 heteroatoms. The zero-order valence-electron chi connectivity index (χ0n) is 8.95. The molecular formula is C11H18N4. The van der Waals surface area contributed by atoms with Gasteiger partial charge in [-0.15, -0.1) is 0 Å². The van der Waals surface area contributed by atoms with Crippen molar-refractivity contribution in [1.82, 2.24) is 15.2 Å². The molecule has 1 fully saturated rings. The molecule has 1 aromatic heterocycles. The predicted molar refractivity (Wildman–Crippen MR) is 60.3 cm³/mol. The first kappa shape index (κ1) is 10.5. The van der Waals surface area contributed by atoms with Crippen molar-refractivity contribution in [2.75, 3.05) is 26.2 Å². The number of nitrogens with one attached hydrogen (secondary N) is 1. The summed E-state index contributed by atoms with van der Waals surface area (Å²) in [4.78, 5) is 6.64. The third-order valence-corrected chi connectivity index (χ3v) is 2.70. The van der Waals surface area contributed by atoms with Gasteiger partial charge in [0.1, 0.15) is 0 Å². The summed E-state index contributed by atoms with van der Waals surface area (Å²) >= 11 is 0. The van der Waals surface area contributed by atoms with E-state index in [1.54, 1.807) is 0 Å². The molecule has 0 bridgehead atoms. The van der Waals surface area contributed by atoms with Gasteiger partial charge in [0.15, 0.2) is 0 Å². The molecule has 1 aromatic rings. The second-order valence-electron chi connectivity index (χ2n) is 3.93. The van der Waals surface area contributed by atoms with Crippen LogP contribution in [0.5, 0.6) is 0 Å². The van der Waals surface area contributed by atoms with E-state index in [-0.39, 0.29) is 0 Å². The maximum atomic E-state index is 5.59. The van der Waals surface area contributed by atoms with E-state index < -0.39 is 0 Å². The van der Waals surface area contributed by atoms with Crippen LogP contribution in [0.1, 0.15) is 11.1 Å². The Morgan fingerprint density at radius 1 is 1.27 bits per heavy atom. The van der Waals surface area contributed by atoms with Gasteiger partial charge in [0.25, 0.3) is 0 Å². The summed E-state index contributed by atoms with van der Waals surface area (Å²) in [6.07, 6.45) is 3.77. The molecule has 0 radical (unpaired) electrons. The van der Waals surface area contributed by atoms with Crippen LogP contribution >= 0.6 is 0 Å². The summed E-state index contributed by atoms with van der Waals surface area (Å²) in [6, 6.07) is 2.15. The van der Waals surface area contributed by atoms with Gasteiger partial charge in [0.05, 0.1) is 0 Å². The molecule has 0 aromatic carbocycles. The maximum absolute atomic E-state index is 5.59. The van der Waals surface area contributed by atoms with Gasteiger partial charge in [-0.3, -0.25) is 9.88 Å². The van der Waals surface area contributed by atoms with Crippen molar-refractivity contribution in [3.8, 4) is 0 Å². The second kappa shape index (κ2) is 5.21. The van der Waals surface area contributed by atoms with Gasteiger partial charge in [-0.05, 0) is 11.1 Å². The molecule has 3 N–H and O–H groups in total. The average Bonchev–Trinajstić information content (AvgIpc) is 2.31. The Hall–Kier alpha value is -0.970. The molecule has 2 heterocycles. The molecule has 0 atom stereocenters. The number of nitrogens with zero attached hydrogens (tertiary/aromatic N) is 2. The van der Waals surface area contributed by atoms with Crippen LogP contribution in [0.4, 0.5) is 0 Å². The van der Waals surface area contributed by atoms with Crippen LogP contribution < -0.4 is 11.1 Å². The summed E-state index contributed by atoms with van der Waals surface area (Å²) in [6.45, 7) is 5.97. The number of aromatic nitrogens is 1. The normalized spacial score (nSPS) is 17.9. The SMILES string of the molecule is NCc1cncc(CN2CCNCC2)c1. The Morgan fingerprint density at radius 2 is 2.00 bits per heavy atom. The summed E-state index contributed by atoms with van der Waals surface area (Å²) in [5, 5.41) is 3.35. The number of rotatable bonds is 3. The molecule has 0 amide bonds. The lowest BCUT2D eigenvalue weighted by Gasteiger charge is -2.27. The van der Waals surface area contributed by atoms with Gasteiger partial charge in [0.2, 0.25) is 0 Å². The molecule has 0 aliphatic carbocycles. The molecule has 0 unspecified atom stereocenters. The Balaban J connectivity index is 1.96. The molecular weight excluding hydrogens is 188 g/mol. The number of piperazine rings is 1. The topological polar surface area (TPSA) is 54.2 Å². The van der Waals surface area contributed by atoms with Crippen molar-refractivity contribution in [2.45, 2.75) is 13.1 Å². The van der Waals surface area contributed by atoms with Crippen LogP contribution in [0, 0.1) is 0 Å². The van der Waals surface area contributed by atoms with E-state index >= 15 is 0 Å². The van der Waals surface area contributed by atoms with Gasteiger partial charge in [-0.1, -0.05) is 6.07 Å². The fourth-order valence-electron chi connectivity index (χ4n) is 1.87. The highest BCUT2D eigenvalue weighted by atomic mass is 15.2. The lowest BCUT2D eigenvalue weighted by Crippen LogP contribution is -2.42. The summed E-state index contributed by atoms with van der Waals surface area (Å²) < 4.78 is 0. The lowest BCUT2D eigenvalue weighted by molar-refractivity contribution is 0.233. The van der Waals surface area contributed by atoms with E-state index in [0.717, 1.165) is 38.3 Å². The van der Waals surface area contributed by atoms with Crippen molar-refractivity contribution in [3.05, 3.63) is 29.6 Å². The van der Waals surface area contributed by atoms with E-state index in [2.05, 4.69) is 21.3 Å². The van der Waals surface area contributed by atoms with Gasteiger partial charge in [-0.25, -0.2) is 0 Å². The molecule has 82 valence electrons. The van der Waals surface area contributed by atoms with E-state index in [1.807, 2.05) is 12.4 Å². The zero-order valence-corrected chi connectivity index (χ0v) is 8.95. The van der Waals surface area contributed by atoms with Crippen molar-refractivity contribution < 1.29 is 0 Å². The van der Waals surface area contributed by atoms with Crippen LogP contribution in [0.2, 0.25) is 0 Å². The molecule has 0 spiro atoms. The van der Waals surface area contributed by atoms with Crippen molar-refractivity contribution in [2.24, 2.45) is 5.73 Å². The van der Waals surface area contributed by atoms with Crippen molar-refractivity contribution >= 4 is 0 Å². The Kier molecular flexibility index (Phi) is 3.66. The smallest absolute Gasteiger partial charge is 0.0313 e. The molecule has 1 saturated heterocycles. The molecule has 0 saturated carbocycles. The van der Waals surface area contributed by atoms with Gasteiger partial charge in [0, 0.05) is 51.7 Å². The van der Waals surface area contributed by atoms with Crippen LogP contribution in [0.15, 0.2) is 18.5 Å². The third kappa shape index (κ3) is 2.99. The standard InChI is InChI=1S/C11H18N4/c12-6-10-5-11(8-14-7-10)9-15-3-1-13-2-4-15/h5,7-8,13H,1-4,6,9,12H2. The molecule has 4 nitrogen and oxygen atoms in total. The number of pyridine rings is 1. The zero-order chi connectivity index (χ0) is 10.5. The minimum Gasteiger partial charge on any atom is -0.326 e. The summed E-state index contributed by atoms with van der Waals surface area (Å²) in [5.74, 6) is 0. The highest BCUT2D eigenvalue weighted by Crippen LogP contribution is 2.06. The number of hydrogen-bond acceptors (Lipinski definition) is 4. The Labute approximate surface area is 90.5 Å². The van der Waals surface area contributed by atoms with Crippen molar-refractivity contribution in [1.29, 1.82) is 0 Å². The van der Waals surface area contributed by atoms with Gasteiger partial charge >= 0.3 is 0 Å². The highest BCUT2D eigenvalue weighted by molar-refractivity contribution is 5.17. The van der Waals surface area contributed by atoms with E-state index in [9.17, 15) is 0 Å². The minimum atomic E-state index is 0.572. The fourth-order valence-corrected chi connectivity index (χ4v) is 1.87. The van der Waals surface area contributed by atoms with Crippen LogP contribution in [-0.4, -0.2) is 36.1 Å². The molecule has 15 heavy (non-hydrogen) atoms. The van der Waals surface area contributed by atoms with E-state index in [4.69, 9.17) is 5.73 Å². The fraction of sp³-hybridized carbons (Fsp3) is 0.545. The lowest BCUT2D eigenvalue weighted by atomic mass is 10.2. The monoisotopic (exact) mass is 206 g/mol. The summed E-state index contributed by atoms with van der Waals surface area (Å²) in [7, 11) is 0. The first-order chi connectivity index (χ1) is 7.38.